The summed E-state index contributed by atoms with van der Waals surface area (Å²) in [4.78, 5) is 43.6. The van der Waals surface area contributed by atoms with Crippen molar-refractivity contribution in [2.75, 3.05) is 40.9 Å². The lowest BCUT2D eigenvalue weighted by Gasteiger charge is -2.49. The number of cyclic esters (lactones) is 1. The molecule has 17 heteroatoms. The zero-order valence-electron chi connectivity index (χ0n) is 39.6. The third-order valence-electron chi connectivity index (χ3n) is 13.6. The van der Waals surface area contributed by atoms with Gasteiger partial charge in [0.1, 0.15) is 29.5 Å². The summed E-state index contributed by atoms with van der Waals surface area (Å²) >= 11 is 0. The second kappa shape index (κ2) is 22.7. The number of aliphatic hydroxyl groups excluding tert-OH is 2. The third kappa shape index (κ3) is 12.8. The van der Waals surface area contributed by atoms with Crippen molar-refractivity contribution in [2.45, 2.75) is 205 Å². The minimum Gasteiger partial charge on any atom is -0.459 e. The van der Waals surface area contributed by atoms with Crippen molar-refractivity contribution in [2.24, 2.45) is 17.8 Å². The van der Waals surface area contributed by atoms with E-state index in [1.807, 2.05) is 34.6 Å². The first-order valence-corrected chi connectivity index (χ1v) is 22.4. The molecular weight excluding hydrogens is 794 g/mol. The number of hydrogen-bond acceptors (Lipinski definition) is 16. The van der Waals surface area contributed by atoms with E-state index in [9.17, 15) is 29.7 Å². The zero-order valence-corrected chi connectivity index (χ0v) is 39.6. The molecule has 3 rings (SSSR count). The molecule has 356 valence electrons. The van der Waals surface area contributed by atoms with Gasteiger partial charge in [-0.3, -0.25) is 14.4 Å². The zero-order chi connectivity index (χ0) is 46.2. The molecule has 1 amide bonds. The predicted octanol–water partition coefficient (Wildman–Crippen LogP) is 2.68. The van der Waals surface area contributed by atoms with Crippen molar-refractivity contribution in [3.8, 4) is 0 Å². The molecule has 0 aliphatic carbocycles. The van der Waals surface area contributed by atoms with Gasteiger partial charge in [0, 0.05) is 45.1 Å². The Kier molecular flexibility index (Phi) is 19.9. The smallest absolute Gasteiger partial charge is 0.311 e. The van der Waals surface area contributed by atoms with E-state index in [1.165, 1.54) is 21.1 Å². The first-order chi connectivity index (χ1) is 28.5. The summed E-state index contributed by atoms with van der Waals surface area (Å²) in [6.07, 6.45) is -8.78. The molecule has 0 radical (unpaired) electrons. The van der Waals surface area contributed by atoms with Gasteiger partial charge in [-0.2, -0.15) is 0 Å². The Hall–Kier alpha value is -2.03. The molecule has 0 spiro atoms. The normalized spacial score (nSPS) is 43.5. The fourth-order valence-corrected chi connectivity index (χ4v) is 9.41. The summed E-state index contributed by atoms with van der Waals surface area (Å²) in [6, 6.07) is -1.30. The number of hydrogen-bond donors (Lipinski definition) is 5. The van der Waals surface area contributed by atoms with Gasteiger partial charge in [0.2, 0.25) is 5.91 Å². The molecule has 0 aromatic heterocycles. The Morgan fingerprint density at radius 1 is 0.918 bits per heavy atom. The average Bonchev–Trinajstić information content (AvgIpc) is 3.22. The minimum atomic E-state index is -1.97. The van der Waals surface area contributed by atoms with Crippen molar-refractivity contribution >= 4 is 17.8 Å². The Labute approximate surface area is 364 Å². The van der Waals surface area contributed by atoms with Crippen LogP contribution in [-0.2, 0) is 52.3 Å². The summed E-state index contributed by atoms with van der Waals surface area (Å²) < 4.78 is 50.9. The summed E-state index contributed by atoms with van der Waals surface area (Å²) in [6.45, 7) is 23.4. The number of amides is 1. The van der Waals surface area contributed by atoms with Gasteiger partial charge >= 0.3 is 11.9 Å². The van der Waals surface area contributed by atoms with Crippen molar-refractivity contribution in [3.63, 3.8) is 0 Å². The quantitative estimate of drug-likeness (QED) is 0.159. The number of carbonyl (C=O) groups is 3. The van der Waals surface area contributed by atoms with Crippen LogP contribution in [0.2, 0.25) is 0 Å². The van der Waals surface area contributed by atoms with Crippen molar-refractivity contribution in [3.05, 3.63) is 0 Å². The molecule has 0 saturated carbocycles. The summed E-state index contributed by atoms with van der Waals surface area (Å²) in [5.74, 6) is -4.09. The highest BCUT2D eigenvalue weighted by Crippen LogP contribution is 2.41. The van der Waals surface area contributed by atoms with Crippen LogP contribution < -0.4 is 10.6 Å². The Morgan fingerprint density at radius 2 is 1.52 bits per heavy atom. The van der Waals surface area contributed by atoms with E-state index in [0.717, 1.165) is 13.1 Å². The van der Waals surface area contributed by atoms with Gasteiger partial charge in [0.15, 0.2) is 18.7 Å². The number of carbonyl (C=O) groups excluding carboxylic acids is 3. The van der Waals surface area contributed by atoms with Gasteiger partial charge in [-0.15, -0.1) is 0 Å². The first kappa shape index (κ1) is 53.3. The van der Waals surface area contributed by atoms with Crippen LogP contribution in [0.1, 0.15) is 115 Å². The van der Waals surface area contributed by atoms with Crippen LogP contribution in [0.3, 0.4) is 0 Å². The number of methoxy groups -OCH3 is 2. The first-order valence-electron chi connectivity index (χ1n) is 22.4. The van der Waals surface area contributed by atoms with Crippen LogP contribution in [0.5, 0.6) is 0 Å². The highest BCUT2D eigenvalue weighted by atomic mass is 16.7. The van der Waals surface area contributed by atoms with Gasteiger partial charge in [-0.25, -0.2) is 0 Å². The molecule has 0 aromatic rings. The van der Waals surface area contributed by atoms with Gasteiger partial charge < -0.3 is 68.7 Å². The van der Waals surface area contributed by atoms with Gasteiger partial charge in [0.05, 0.1) is 48.4 Å². The van der Waals surface area contributed by atoms with Crippen LogP contribution in [0.15, 0.2) is 0 Å². The van der Waals surface area contributed by atoms with E-state index in [-0.39, 0.29) is 43.8 Å². The molecule has 3 fully saturated rings. The van der Waals surface area contributed by atoms with Crippen LogP contribution in [0.4, 0.5) is 0 Å². The van der Waals surface area contributed by atoms with Crippen LogP contribution in [0.25, 0.3) is 0 Å². The highest BCUT2D eigenvalue weighted by molar-refractivity contribution is 5.78. The van der Waals surface area contributed by atoms with Crippen LogP contribution in [-0.4, -0.2) is 169 Å². The maximum absolute atomic E-state index is 14.4. The molecule has 3 heterocycles. The molecule has 0 aromatic carbocycles. The average molecular weight is 876 g/mol. The summed E-state index contributed by atoms with van der Waals surface area (Å²) in [5, 5.41) is 40.7. The van der Waals surface area contributed by atoms with E-state index < -0.39 is 108 Å². The lowest BCUT2D eigenvalue weighted by molar-refractivity contribution is -0.318. The van der Waals surface area contributed by atoms with E-state index in [1.54, 1.807) is 48.6 Å². The van der Waals surface area contributed by atoms with Crippen molar-refractivity contribution < 1.29 is 67.6 Å². The maximum Gasteiger partial charge on any atom is 0.311 e. The maximum atomic E-state index is 14.4. The molecule has 3 saturated heterocycles. The topological polar surface area (TPSA) is 213 Å². The lowest BCUT2D eigenvalue weighted by Crippen LogP contribution is -2.61. The fraction of sp³-hybridized carbons (Fsp3) is 0.932. The molecule has 0 bridgehead atoms. The molecule has 3 aliphatic rings. The Morgan fingerprint density at radius 3 is 2.08 bits per heavy atom. The Balaban J connectivity index is 2.15. The lowest BCUT2D eigenvalue weighted by atomic mass is 9.77. The number of aliphatic hydroxyl groups is 3. The van der Waals surface area contributed by atoms with Crippen molar-refractivity contribution in [1.29, 1.82) is 0 Å². The molecule has 5 N–H and O–H groups in total. The van der Waals surface area contributed by atoms with E-state index in [4.69, 9.17) is 37.9 Å². The second-order valence-electron chi connectivity index (χ2n) is 18.3. The minimum absolute atomic E-state index is 0.0839. The fourth-order valence-electron chi connectivity index (χ4n) is 9.41. The van der Waals surface area contributed by atoms with Crippen LogP contribution >= 0.6 is 0 Å². The molecule has 61 heavy (non-hydrogen) atoms. The van der Waals surface area contributed by atoms with Gasteiger partial charge in [-0.05, 0) is 87.9 Å². The second-order valence-corrected chi connectivity index (χ2v) is 18.3. The molecule has 3 aliphatic heterocycles. The van der Waals surface area contributed by atoms with E-state index in [0.29, 0.717) is 13.0 Å². The highest BCUT2D eigenvalue weighted by Gasteiger charge is 2.54. The van der Waals surface area contributed by atoms with E-state index in [2.05, 4.69) is 15.5 Å². The number of nitrogens with one attached hydrogen (secondary N) is 2. The standard InChI is InChI=1S/C44H81N3O14/c1-16-31-44(12,53)36(50)28(8)46-39(51)24(4)22-42(10,54-14)37(61-41-34(49)30(45-13)21-25(5)56-41)26(6)35(27(7)40(52)58-31)60-33-23-43(11,55-15)38(29(9)57-33)59-32(48)19-20-47(17-2)18-3/h24-31,33-38,41,45,49-50,53H,16-23H2,1-15H3,(H,46,51)/t24-,25-,26+,27-,28-,29+,30+,31-,33+,34-,35+,36+,37-,38+,41+,42-,43-,44-/m1/s1. The van der Waals surface area contributed by atoms with Crippen molar-refractivity contribution in [1.82, 2.24) is 15.5 Å². The largest absolute Gasteiger partial charge is 0.459 e. The predicted molar refractivity (Wildman–Crippen MR) is 226 cm³/mol. The Bertz CT molecular complexity index is 1400. The molecule has 17 nitrogen and oxygen atoms in total. The monoisotopic (exact) mass is 876 g/mol. The third-order valence-corrected chi connectivity index (χ3v) is 13.6. The number of likely N-dealkylation sites (N-methyl/N-ethyl adjacent to an activating group) is 1. The van der Waals surface area contributed by atoms with Gasteiger partial charge in [-0.1, -0.05) is 34.6 Å². The number of rotatable bonds is 14. The van der Waals surface area contributed by atoms with E-state index >= 15 is 0 Å². The molecular formula is C44H81N3O14. The number of nitrogens with zero attached hydrogens (tertiary/aromatic N) is 1. The summed E-state index contributed by atoms with van der Waals surface area (Å²) in [5.41, 5.74) is -4.33. The summed E-state index contributed by atoms with van der Waals surface area (Å²) in [7, 11) is 4.79. The number of esters is 2. The SMILES string of the molecule is CC[C@H]1OC(=O)[C@H](C)[C@@H](O[C@H]2C[C@@](C)(OC)[C@@H](OC(=O)CCN(CC)CC)[C@H](C)O2)[C@H](C)[C@@H](O[C@@H]2O[C@H](C)C[C@H](NC)[C@H]2O)[C@](C)(OC)C[C@@H](C)C(=O)N[C@H](C)[C@H](O)[C@]1(C)O. The molecule has 0 unspecified atom stereocenters. The van der Waals surface area contributed by atoms with Crippen LogP contribution in [0, 0.1) is 17.8 Å². The van der Waals surface area contributed by atoms with Gasteiger partial charge in [0.25, 0.3) is 0 Å². The number of ether oxygens (including phenoxy) is 8. The molecule has 18 atom stereocenters.